The van der Waals surface area contributed by atoms with Crippen molar-refractivity contribution in [2.24, 2.45) is 11.7 Å². The minimum Gasteiger partial charge on any atom is -0.338 e. The van der Waals surface area contributed by atoms with Crippen LogP contribution in [-0.4, -0.2) is 23.9 Å². The van der Waals surface area contributed by atoms with Crippen LogP contribution in [-0.2, 0) is 17.8 Å². The van der Waals surface area contributed by atoms with Gasteiger partial charge in [-0.15, -0.1) is 0 Å². The Morgan fingerprint density at radius 1 is 1.29 bits per heavy atom. The lowest BCUT2D eigenvalue weighted by Gasteiger charge is -2.22. The van der Waals surface area contributed by atoms with Crippen molar-refractivity contribution >= 4 is 5.91 Å². The van der Waals surface area contributed by atoms with E-state index in [2.05, 4.69) is 31.2 Å². The van der Waals surface area contributed by atoms with E-state index < -0.39 is 0 Å². The molecule has 2 N–H and O–H groups in total. The number of fused-ring (bicyclic) bond motifs is 1. The fraction of sp³-hybridized carbons (Fsp3) is 0.611. The molecule has 3 nitrogen and oxygen atoms in total. The fourth-order valence-corrected chi connectivity index (χ4v) is 3.19. The highest BCUT2D eigenvalue weighted by Gasteiger charge is 2.19. The molecule has 1 unspecified atom stereocenters. The van der Waals surface area contributed by atoms with E-state index >= 15 is 0 Å². The minimum absolute atomic E-state index is 0.308. The van der Waals surface area contributed by atoms with Crippen LogP contribution < -0.4 is 5.73 Å². The SMILES string of the molecule is CCC(CCN)CCC(=O)N1CCCc2ccccc2C1. The van der Waals surface area contributed by atoms with E-state index in [-0.39, 0.29) is 0 Å². The zero-order valence-corrected chi connectivity index (χ0v) is 13.2. The first-order valence-electron chi connectivity index (χ1n) is 8.29. The number of aryl methyl sites for hydroxylation is 1. The van der Waals surface area contributed by atoms with E-state index in [0.717, 1.165) is 51.7 Å². The van der Waals surface area contributed by atoms with Gasteiger partial charge in [0.2, 0.25) is 5.91 Å². The van der Waals surface area contributed by atoms with Gasteiger partial charge in [0.1, 0.15) is 0 Å². The molecular weight excluding hydrogens is 260 g/mol. The molecule has 0 saturated carbocycles. The van der Waals surface area contributed by atoms with Crippen LogP contribution in [0.5, 0.6) is 0 Å². The lowest BCUT2D eigenvalue weighted by molar-refractivity contribution is -0.132. The quantitative estimate of drug-likeness (QED) is 0.874. The van der Waals surface area contributed by atoms with Gasteiger partial charge >= 0.3 is 0 Å². The first kappa shape index (κ1) is 16.0. The Bertz CT molecular complexity index is 458. The molecule has 1 heterocycles. The predicted molar refractivity (Wildman–Crippen MR) is 86.9 cm³/mol. The van der Waals surface area contributed by atoms with Crippen LogP contribution in [0.3, 0.4) is 0 Å². The maximum atomic E-state index is 12.5. The van der Waals surface area contributed by atoms with Gasteiger partial charge in [-0.3, -0.25) is 4.79 Å². The summed E-state index contributed by atoms with van der Waals surface area (Å²) in [7, 11) is 0. The summed E-state index contributed by atoms with van der Waals surface area (Å²) < 4.78 is 0. The normalized spacial score (nSPS) is 16.2. The molecule has 0 saturated heterocycles. The van der Waals surface area contributed by atoms with Crippen molar-refractivity contribution in [3.8, 4) is 0 Å². The van der Waals surface area contributed by atoms with Gasteiger partial charge in [-0.25, -0.2) is 0 Å². The summed E-state index contributed by atoms with van der Waals surface area (Å²) in [5.74, 6) is 0.903. The molecule has 0 aromatic heterocycles. The third-order valence-corrected chi connectivity index (χ3v) is 4.63. The standard InChI is InChI=1S/C18H28N2O/c1-2-15(11-12-19)9-10-18(21)20-13-5-8-16-6-3-4-7-17(16)14-20/h3-4,6-7,15H,2,5,8-14,19H2,1H3. The van der Waals surface area contributed by atoms with Crippen molar-refractivity contribution in [1.29, 1.82) is 0 Å². The van der Waals surface area contributed by atoms with E-state index in [0.29, 0.717) is 18.2 Å². The number of rotatable bonds is 6. The summed E-state index contributed by atoms with van der Waals surface area (Å²) in [6.45, 7) is 4.58. The molecule has 1 amide bonds. The molecule has 0 radical (unpaired) electrons. The summed E-state index contributed by atoms with van der Waals surface area (Å²) in [5, 5.41) is 0. The van der Waals surface area contributed by atoms with Crippen LogP contribution in [0.4, 0.5) is 0 Å². The topological polar surface area (TPSA) is 46.3 Å². The van der Waals surface area contributed by atoms with Crippen LogP contribution in [0.15, 0.2) is 24.3 Å². The van der Waals surface area contributed by atoms with E-state index in [4.69, 9.17) is 5.73 Å². The number of amides is 1. The highest BCUT2D eigenvalue weighted by molar-refractivity contribution is 5.76. The monoisotopic (exact) mass is 288 g/mol. The second-order valence-electron chi connectivity index (χ2n) is 6.08. The molecule has 1 aromatic carbocycles. The Kier molecular flexibility index (Phi) is 6.24. The van der Waals surface area contributed by atoms with Crippen LogP contribution >= 0.6 is 0 Å². The largest absolute Gasteiger partial charge is 0.338 e. The van der Waals surface area contributed by atoms with Gasteiger partial charge < -0.3 is 10.6 Å². The van der Waals surface area contributed by atoms with Gasteiger partial charge in [0.15, 0.2) is 0 Å². The van der Waals surface area contributed by atoms with Crippen molar-refractivity contribution in [2.45, 2.75) is 52.0 Å². The van der Waals surface area contributed by atoms with Crippen LogP contribution in [0.2, 0.25) is 0 Å². The predicted octanol–water partition coefficient (Wildman–Crippen LogP) is 3.12. The number of hydrogen-bond acceptors (Lipinski definition) is 2. The first-order valence-corrected chi connectivity index (χ1v) is 8.29. The molecule has 1 atom stereocenters. The third kappa shape index (κ3) is 4.57. The Labute approximate surface area is 128 Å². The molecule has 2 rings (SSSR count). The third-order valence-electron chi connectivity index (χ3n) is 4.63. The summed E-state index contributed by atoms with van der Waals surface area (Å²) in [6.07, 6.45) is 5.96. The molecule has 1 aromatic rings. The Balaban J connectivity index is 1.91. The van der Waals surface area contributed by atoms with Crippen molar-refractivity contribution in [1.82, 2.24) is 4.90 Å². The Morgan fingerprint density at radius 2 is 2.05 bits per heavy atom. The maximum Gasteiger partial charge on any atom is 0.222 e. The van der Waals surface area contributed by atoms with Gasteiger partial charge in [0.05, 0.1) is 0 Å². The van der Waals surface area contributed by atoms with Gasteiger partial charge in [-0.05, 0) is 49.3 Å². The molecule has 1 aliphatic heterocycles. The lowest BCUT2D eigenvalue weighted by Crippen LogP contribution is -2.31. The Hall–Kier alpha value is -1.35. The average molecular weight is 288 g/mol. The number of nitrogens with zero attached hydrogens (tertiary/aromatic N) is 1. The molecular formula is C18H28N2O. The molecule has 0 aliphatic carbocycles. The van der Waals surface area contributed by atoms with Gasteiger partial charge in [-0.2, -0.15) is 0 Å². The van der Waals surface area contributed by atoms with Crippen molar-refractivity contribution in [3.63, 3.8) is 0 Å². The number of carbonyl (C=O) groups is 1. The number of hydrogen-bond donors (Lipinski definition) is 1. The molecule has 0 bridgehead atoms. The highest BCUT2D eigenvalue weighted by atomic mass is 16.2. The minimum atomic E-state index is 0.308. The lowest BCUT2D eigenvalue weighted by atomic mass is 9.96. The number of benzene rings is 1. The average Bonchev–Trinajstić information content (AvgIpc) is 2.73. The van der Waals surface area contributed by atoms with Gasteiger partial charge in [0.25, 0.3) is 0 Å². The molecule has 3 heteroatoms. The second kappa shape index (κ2) is 8.18. The van der Waals surface area contributed by atoms with E-state index in [1.165, 1.54) is 11.1 Å². The van der Waals surface area contributed by atoms with Crippen molar-refractivity contribution in [3.05, 3.63) is 35.4 Å². The summed E-state index contributed by atoms with van der Waals surface area (Å²) in [5.41, 5.74) is 8.35. The van der Waals surface area contributed by atoms with E-state index in [1.807, 2.05) is 4.90 Å². The molecule has 0 fully saturated rings. The fourth-order valence-electron chi connectivity index (χ4n) is 3.19. The summed E-state index contributed by atoms with van der Waals surface area (Å²) in [6, 6.07) is 8.51. The van der Waals surface area contributed by atoms with Crippen LogP contribution in [0.25, 0.3) is 0 Å². The van der Waals surface area contributed by atoms with Crippen LogP contribution in [0, 0.1) is 5.92 Å². The summed E-state index contributed by atoms with van der Waals surface area (Å²) >= 11 is 0. The van der Waals surface area contributed by atoms with Gasteiger partial charge in [0, 0.05) is 19.5 Å². The van der Waals surface area contributed by atoms with Gasteiger partial charge in [-0.1, -0.05) is 37.6 Å². The molecule has 1 aliphatic rings. The smallest absolute Gasteiger partial charge is 0.222 e. The zero-order valence-electron chi connectivity index (χ0n) is 13.2. The highest BCUT2D eigenvalue weighted by Crippen LogP contribution is 2.21. The van der Waals surface area contributed by atoms with Crippen LogP contribution in [0.1, 0.15) is 50.2 Å². The number of nitrogens with two attached hydrogens (primary N) is 1. The molecule has 0 spiro atoms. The Morgan fingerprint density at radius 3 is 2.76 bits per heavy atom. The van der Waals surface area contributed by atoms with E-state index in [1.54, 1.807) is 0 Å². The molecule has 116 valence electrons. The maximum absolute atomic E-state index is 12.5. The van der Waals surface area contributed by atoms with E-state index in [9.17, 15) is 4.79 Å². The zero-order chi connectivity index (χ0) is 15.1. The first-order chi connectivity index (χ1) is 10.2. The second-order valence-corrected chi connectivity index (χ2v) is 6.08. The summed E-state index contributed by atoms with van der Waals surface area (Å²) in [4.78, 5) is 14.5. The van der Waals surface area contributed by atoms with Crippen molar-refractivity contribution < 1.29 is 4.79 Å². The van der Waals surface area contributed by atoms with Crippen molar-refractivity contribution in [2.75, 3.05) is 13.1 Å². The molecule has 21 heavy (non-hydrogen) atoms. The number of carbonyl (C=O) groups excluding carboxylic acids is 1.